The van der Waals surface area contributed by atoms with Crippen LogP contribution in [0.3, 0.4) is 0 Å². The largest absolute Gasteiger partial charge is 0.494 e. The van der Waals surface area contributed by atoms with Crippen LogP contribution >= 0.6 is 0 Å². The van der Waals surface area contributed by atoms with Gasteiger partial charge in [-0.2, -0.15) is 0 Å². The Morgan fingerprint density at radius 1 is 1.16 bits per heavy atom. The molecule has 0 heterocycles. The lowest BCUT2D eigenvalue weighted by atomic mass is 10.2. The van der Waals surface area contributed by atoms with Crippen molar-refractivity contribution in [2.75, 3.05) is 11.3 Å². The summed E-state index contributed by atoms with van der Waals surface area (Å²) in [5.41, 5.74) is 0.762. The first-order valence-corrected chi connectivity index (χ1v) is 9.63. The van der Waals surface area contributed by atoms with Gasteiger partial charge in [-0.25, -0.2) is 8.42 Å². The molecule has 1 saturated carbocycles. The predicted octanol–water partition coefficient (Wildman–Crippen LogP) is 2.78. The molecule has 0 bridgehead atoms. The topological polar surface area (TPSA) is 84.5 Å². The zero-order valence-corrected chi connectivity index (χ0v) is 14.7. The summed E-state index contributed by atoms with van der Waals surface area (Å²) >= 11 is 0. The van der Waals surface area contributed by atoms with E-state index in [0.29, 0.717) is 23.6 Å². The van der Waals surface area contributed by atoms with Crippen LogP contribution in [0.2, 0.25) is 0 Å². The molecule has 0 aromatic heterocycles. The molecule has 0 spiro atoms. The van der Waals surface area contributed by atoms with Crippen molar-refractivity contribution in [1.82, 2.24) is 5.32 Å². The van der Waals surface area contributed by atoms with Gasteiger partial charge in [0.15, 0.2) is 0 Å². The Kier molecular flexibility index (Phi) is 4.94. The van der Waals surface area contributed by atoms with E-state index in [4.69, 9.17) is 4.74 Å². The summed E-state index contributed by atoms with van der Waals surface area (Å²) in [7, 11) is -3.78. The molecule has 2 aromatic carbocycles. The molecular weight excluding hydrogens is 340 g/mol. The quantitative estimate of drug-likeness (QED) is 0.795. The molecule has 0 radical (unpaired) electrons. The molecule has 2 N–H and O–H groups in total. The van der Waals surface area contributed by atoms with Gasteiger partial charge in [0, 0.05) is 17.3 Å². The summed E-state index contributed by atoms with van der Waals surface area (Å²) in [5, 5.41) is 2.85. The van der Waals surface area contributed by atoms with E-state index in [-0.39, 0.29) is 16.8 Å². The molecular formula is C18H20N2O4S. The molecule has 0 atom stereocenters. The summed E-state index contributed by atoms with van der Waals surface area (Å²) in [6.07, 6.45) is 1.95. The fourth-order valence-corrected chi connectivity index (χ4v) is 3.40. The lowest BCUT2D eigenvalue weighted by molar-refractivity contribution is 0.0951. The van der Waals surface area contributed by atoms with E-state index in [9.17, 15) is 13.2 Å². The Hall–Kier alpha value is -2.54. The van der Waals surface area contributed by atoms with Crippen LogP contribution in [0.5, 0.6) is 5.75 Å². The van der Waals surface area contributed by atoms with Crippen molar-refractivity contribution >= 4 is 21.6 Å². The van der Waals surface area contributed by atoms with Crippen LogP contribution in [-0.2, 0) is 10.0 Å². The molecule has 132 valence electrons. The molecule has 2 aromatic rings. The van der Waals surface area contributed by atoms with E-state index in [2.05, 4.69) is 10.0 Å². The van der Waals surface area contributed by atoms with Crippen molar-refractivity contribution < 1.29 is 17.9 Å². The molecule has 0 saturated heterocycles. The first-order chi connectivity index (χ1) is 12.0. The summed E-state index contributed by atoms with van der Waals surface area (Å²) in [5.74, 6) is 0.421. The van der Waals surface area contributed by atoms with Crippen molar-refractivity contribution in [1.29, 1.82) is 0 Å². The maximum absolute atomic E-state index is 12.5. The minimum Gasteiger partial charge on any atom is -0.494 e. The molecule has 3 rings (SSSR count). The number of rotatable bonds is 7. The van der Waals surface area contributed by atoms with Crippen LogP contribution in [0.25, 0.3) is 0 Å². The number of nitrogens with one attached hydrogen (secondary N) is 2. The number of hydrogen-bond acceptors (Lipinski definition) is 4. The number of benzene rings is 2. The first kappa shape index (κ1) is 17.3. The number of hydrogen-bond donors (Lipinski definition) is 2. The van der Waals surface area contributed by atoms with Crippen molar-refractivity contribution in [2.45, 2.75) is 30.7 Å². The van der Waals surface area contributed by atoms with Crippen LogP contribution in [0.4, 0.5) is 5.69 Å². The highest BCUT2D eigenvalue weighted by Gasteiger charge is 2.24. The highest BCUT2D eigenvalue weighted by atomic mass is 32.2. The van der Waals surface area contributed by atoms with Gasteiger partial charge in [-0.1, -0.05) is 6.07 Å². The highest BCUT2D eigenvalue weighted by molar-refractivity contribution is 7.92. The van der Waals surface area contributed by atoms with Crippen LogP contribution in [0.1, 0.15) is 30.1 Å². The number of sulfonamides is 1. The Balaban J connectivity index is 1.75. The average Bonchev–Trinajstić information content (AvgIpc) is 3.41. The zero-order chi connectivity index (χ0) is 17.9. The van der Waals surface area contributed by atoms with Gasteiger partial charge in [-0.3, -0.25) is 9.52 Å². The second-order valence-electron chi connectivity index (χ2n) is 5.84. The molecule has 0 unspecified atom stereocenters. The van der Waals surface area contributed by atoms with Gasteiger partial charge >= 0.3 is 0 Å². The monoisotopic (exact) mass is 360 g/mol. The lowest BCUT2D eigenvalue weighted by Gasteiger charge is -2.10. The Morgan fingerprint density at radius 3 is 2.52 bits per heavy atom. The summed E-state index contributed by atoms with van der Waals surface area (Å²) in [6, 6.07) is 12.9. The van der Waals surface area contributed by atoms with E-state index in [1.54, 1.807) is 36.4 Å². The van der Waals surface area contributed by atoms with E-state index in [1.165, 1.54) is 12.1 Å². The Labute approximate surface area is 147 Å². The number of ether oxygens (including phenoxy) is 1. The van der Waals surface area contributed by atoms with Gasteiger partial charge < -0.3 is 10.1 Å². The molecule has 6 nitrogen and oxygen atoms in total. The third-order valence-electron chi connectivity index (χ3n) is 3.74. The second kappa shape index (κ2) is 7.14. The Bertz CT molecular complexity index is 859. The van der Waals surface area contributed by atoms with E-state index in [1.807, 2.05) is 6.92 Å². The maximum atomic E-state index is 12.5. The third kappa shape index (κ3) is 4.51. The molecule has 1 aliphatic carbocycles. The highest BCUT2D eigenvalue weighted by Crippen LogP contribution is 2.22. The molecule has 0 aliphatic heterocycles. The van der Waals surface area contributed by atoms with E-state index >= 15 is 0 Å². The average molecular weight is 360 g/mol. The normalized spacial score (nSPS) is 14.0. The first-order valence-electron chi connectivity index (χ1n) is 8.14. The van der Waals surface area contributed by atoms with Crippen molar-refractivity contribution in [2.24, 2.45) is 0 Å². The summed E-state index contributed by atoms with van der Waals surface area (Å²) in [4.78, 5) is 12.1. The number of amides is 1. The minimum atomic E-state index is -3.78. The molecule has 7 heteroatoms. The smallest absolute Gasteiger partial charge is 0.261 e. The number of carbonyl (C=O) groups is 1. The fourth-order valence-electron chi connectivity index (χ4n) is 2.30. The fraction of sp³-hybridized carbons (Fsp3) is 0.278. The number of carbonyl (C=O) groups excluding carboxylic acids is 1. The SMILES string of the molecule is CCOc1ccc(NS(=O)(=O)c2cccc(C(=O)NC3CC3)c2)cc1. The summed E-state index contributed by atoms with van der Waals surface area (Å²) < 4.78 is 32.9. The molecule has 25 heavy (non-hydrogen) atoms. The van der Waals surface area contributed by atoms with Gasteiger partial charge in [0.25, 0.3) is 15.9 Å². The van der Waals surface area contributed by atoms with Gasteiger partial charge in [0.2, 0.25) is 0 Å². The van der Waals surface area contributed by atoms with Gasteiger partial charge in [0.05, 0.1) is 11.5 Å². The molecule has 1 fully saturated rings. The summed E-state index contributed by atoms with van der Waals surface area (Å²) in [6.45, 7) is 2.42. The van der Waals surface area contributed by atoms with Crippen LogP contribution < -0.4 is 14.8 Å². The molecule has 1 aliphatic rings. The van der Waals surface area contributed by atoms with Crippen molar-refractivity contribution in [3.63, 3.8) is 0 Å². The second-order valence-corrected chi connectivity index (χ2v) is 7.52. The number of anilines is 1. The van der Waals surface area contributed by atoms with Gasteiger partial charge in [-0.05, 0) is 62.2 Å². The van der Waals surface area contributed by atoms with Crippen molar-refractivity contribution in [3.8, 4) is 5.75 Å². The zero-order valence-electron chi connectivity index (χ0n) is 13.9. The predicted molar refractivity (Wildman–Crippen MR) is 95.3 cm³/mol. The Morgan fingerprint density at radius 2 is 1.88 bits per heavy atom. The van der Waals surface area contributed by atoms with Crippen LogP contribution in [0.15, 0.2) is 53.4 Å². The van der Waals surface area contributed by atoms with Gasteiger partial charge in [0.1, 0.15) is 5.75 Å². The molecule has 1 amide bonds. The van der Waals surface area contributed by atoms with Crippen LogP contribution in [0, 0.1) is 0 Å². The maximum Gasteiger partial charge on any atom is 0.261 e. The van der Waals surface area contributed by atoms with Crippen molar-refractivity contribution in [3.05, 3.63) is 54.1 Å². The minimum absolute atomic E-state index is 0.0461. The van der Waals surface area contributed by atoms with E-state index in [0.717, 1.165) is 12.8 Å². The van der Waals surface area contributed by atoms with Crippen LogP contribution in [-0.4, -0.2) is 27.0 Å². The third-order valence-corrected chi connectivity index (χ3v) is 5.12. The van der Waals surface area contributed by atoms with E-state index < -0.39 is 10.0 Å². The van der Waals surface area contributed by atoms with Gasteiger partial charge in [-0.15, -0.1) is 0 Å². The standard InChI is InChI=1S/C18H20N2O4S/c1-2-24-16-10-8-15(9-11-16)20-25(22,23)17-5-3-4-13(12-17)18(21)19-14-6-7-14/h3-5,8-12,14,20H,2,6-7H2,1H3,(H,19,21). The lowest BCUT2D eigenvalue weighted by Crippen LogP contribution is -2.25.